The van der Waals surface area contributed by atoms with Gasteiger partial charge in [0.25, 0.3) is 0 Å². The van der Waals surface area contributed by atoms with E-state index in [-0.39, 0.29) is 17.0 Å². The molecule has 32 heavy (non-hydrogen) atoms. The zero-order valence-electron chi connectivity index (χ0n) is 19.0. The Labute approximate surface area is 187 Å². The number of fused-ring (bicyclic) bond motifs is 1. The van der Waals surface area contributed by atoms with Crippen molar-refractivity contribution in [1.82, 2.24) is 0 Å². The summed E-state index contributed by atoms with van der Waals surface area (Å²) in [6.07, 6.45) is 4.18. The molecule has 1 unspecified atom stereocenters. The minimum absolute atomic E-state index is 0.0898. The van der Waals surface area contributed by atoms with Crippen LogP contribution in [0.15, 0.2) is 30.3 Å². The van der Waals surface area contributed by atoms with Gasteiger partial charge in [0.05, 0.1) is 17.1 Å². The Balaban J connectivity index is 1.69. The number of rotatable bonds is 6. The van der Waals surface area contributed by atoms with Gasteiger partial charge >= 0.3 is 11.7 Å². The van der Waals surface area contributed by atoms with Crippen LogP contribution in [0.1, 0.15) is 86.7 Å². The number of nitro benzene ring substituents is 1. The van der Waals surface area contributed by atoms with Crippen LogP contribution in [0.2, 0.25) is 0 Å². The predicted octanol–water partition coefficient (Wildman–Crippen LogP) is 6.50. The lowest BCUT2D eigenvalue weighted by Gasteiger charge is -2.27. The number of carbonyl (C=O) groups is 1. The number of esters is 1. The summed E-state index contributed by atoms with van der Waals surface area (Å²) >= 11 is 0. The predicted molar refractivity (Wildman–Crippen MR) is 120 cm³/mol. The summed E-state index contributed by atoms with van der Waals surface area (Å²) < 4.78 is 17.3. The highest BCUT2D eigenvalue weighted by atomic mass is 16.6. The van der Waals surface area contributed by atoms with E-state index in [1.807, 2.05) is 6.07 Å². The highest BCUT2D eigenvalue weighted by Crippen LogP contribution is 2.50. The zero-order valence-corrected chi connectivity index (χ0v) is 19.0. The summed E-state index contributed by atoms with van der Waals surface area (Å²) in [5.74, 6) is 1.69. The lowest BCUT2D eigenvalue weighted by atomic mass is 9.88. The molecule has 0 spiro atoms. The van der Waals surface area contributed by atoms with Gasteiger partial charge in [0.15, 0.2) is 0 Å². The molecule has 0 aromatic heterocycles. The van der Waals surface area contributed by atoms with Gasteiger partial charge in [-0.1, -0.05) is 6.92 Å². The van der Waals surface area contributed by atoms with Gasteiger partial charge < -0.3 is 14.2 Å². The molecule has 0 radical (unpaired) electrons. The fraction of sp³-hybridized carbons (Fsp3) is 0.480. The van der Waals surface area contributed by atoms with Crippen LogP contribution >= 0.6 is 0 Å². The van der Waals surface area contributed by atoms with E-state index in [1.165, 1.54) is 23.8 Å². The first-order valence-corrected chi connectivity index (χ1v) is 11.2. The molecule has 2 aromatic rings. The normalized spacial score (nSPS) is 17.8. The first-order chi connectivity index (χ1) is 15.2. The van der Waals surface area contributed by atoms with Gasteiger partial charge in [0.2, 0.25) is 5.75 Å². The van der Waals surface area contributed by atoms with Crippen molar-refractivity contribution in [2.45, 2.75) is 70.8 Å². The Kier molecular flexibility index (Phi) is 5.84. The van der Waals surface area contributed by atoms with E-state index in [9.17, 15) is 14.9 Å². The molecule has 0 N–H and O–H groups in total. The number of nitro groups is 1. The number of ether oxygens (including phenoxy) is 3. The average molecular weight is 440 g/mol. The van der Waals surface area contributed by atoms with Crippen LogP contribution in [0.5, 0.6) is 17.2 Å². The van der Waals surface area contributed by atoms with Gasteiger partial charge in [-0.05, 0) is 87.6 Å². The molecule has 170 valence electrons. The molecule has 4 rings (SSSR count). The smallest absolute Gasteiger partial charge is 0.338 e. The molecule has 0 saturated heterocycles. The van der Waals surface area contributed by atoms with Crippen LogP contribution in [-0.4, -0.2) is 23.1 Å². The van der Waals surface area contributed by atoms with Crippen molar-refractivity contribution in [1.29, 1.82) is 0 Å². The van der Waals surface area contributed by atoms with E-state index in [2.05, 4.69) is 13.0 Å². The standard InChI is InChI=1S/C25H29NO6/c1-5-15-10-11-30-22-14-23(19(13-18(15)22)16-6-7-16)31-21-9-8-17(12-20(21)26(28)29)24(27)32-25(2,3)4/h8-9,12-16H,5-7,10-11H2,1-4H3. The number of hydrogen-bond donors (Lipinski definition) is 0. The van der Waals surface area contributed by atoms with Crippen LogP contribution in [0.4, 0.5) is 5.69 Å². The Bertz CT molecular complexity index is 1050. The minimum atomic E-state index is -0.695. The number of hydrogen-bond acceptors (Lipinski definition) is 6. The first-order valence-electron chi connectivity index (χ1n) is 11.2. The molecule has 1 fully saturated rings. The Morgan fingerprint density at radius 2 is 1.88 bits per heavy atom. The molecule has 1 aliphatic heterocycles. The largest absolute Gasteiger partial charge is 0.493 e. The zero-order chi connectivity index (χ0) is 23.0. The van der Waals surface area contributed by atoms with Gasteiger partial charge in [-0.2, -0.15) is 0 Å². The highest BCUT2D eigenvalue weighted by Gasteiger charge is 2.32. The molecular weight excluding hydrogens is 410 g/mol. The summed E-state index contributed by atoms with van der Waals surface area (Å²) in [6.45, 7) is 8.07. The van der Waals surface area contributed by atoms with E-state index >= 15 is 0 Å². The Hall–Kier alpha value is -3.09. The van der Waals surface area contributed by atoms with Crippen LogP contribution in [0.3, 0.4) is 0 Å². The van der Waals surface area contributed by atoms with E-state index in [1.54, 1.807) is 20.8 Å². The molecule has 1 atom stereocenters. The lowest BCUT2D eigenvalue weighted by molar-refractivity contribution is -0.385. The fourth-order valence-corrected chi connectivity index (χ4v) is 4.06. The molecule has 2 aromatic carbocycles. The number of benzene rings is 2. The maximum atomic E-state index is 12.4. The van der Waals surface area contributed by atoms with E-state index < -0.39 is 16.5 Å². The second kappa shape index (κ2) is 8.45. The Morgan fingerprint density at radius 3 is 2.50 bits per heavy atom. The molecule has 0 amide bonds. The van der Waals surface area contributed by atoms with Crippen molar-refractivity contribution in [2.75, 3.05) is 6.61 Å². The highest BCUT2D eigenvalue weighted by molar-refractivity contribution is 5.91. The van der Waals surface area contributed by atoms with Crippen molar-refractivity contribution in [3.8, 4) is 17.2 Å². The van der Waals surface area contributed by atoms with Crippen molar-refractivity contribution in [3.05, 3.63) is 57.1 Å². The quantitative estimate of drug-likeness (QED) is 0.290. The first kappa shape index (κ1) is 22.1. The monoisotopic (exact) mass is 439 g/mol. The third-order valence-corrected chi connectivity index (χ3v) is 5.83. The van der Waals surface area contributed by atoms with Crippen molar-refractivity contribution >= 4 is 11.7 Å². The molecular formula is C25H29NO6. The van der Waals surface area contributed by atoms with Gasteiger partial charge in [-0.15, -0.1) is 0 Å². The van der Waals surface area contributed by atoms with E-state index in [4.69, 9.17) is 14.2 Å². The summed E-state index contributed by atoms with van der Waals surface area (Å²) in [4.78, 5) is 23.6. The lowest BCUT2D eigenvalue weighted by Crippen LogP contribution is -2.23. The van der Waals surface area contributed by atoms with E-state index in [0.717, 1.165) is 37.0 Å². The van der Waals surface area contributed by atoms with Gasteiger partial charge in [0.1, 0.15) is 17.1 Å². The van der Waals surface area contributed by atoms with Crippen LogP contribution < -0.4 is 9.47 Å². The topological polar surface area (TPSA) is 87.9 Å². The second-order valence-electron chi connectivity index (χ2n) is 9.49. The SMILES string of the molecule is CCC1CCOc2cc(Oc3ccc(C(=O)OC(C)(C)C)cc3[N+](=O)[O-])c(C3CC3)cc21. The molecule has 0 bridgehead atoms. The number of nitrogens with zero attached hydrogens (tertiary/aromatic N) is 1. The summed E-state index contributed by atoms with van der Waals surface area (Å²) in [5, 5.41) is 11.8. The third kappa shape index (κ3) is 4.71. The molecule has 1 aliphatic carbocycles. The molecule has 7 nitrogen and oxygen atoms in total. The molecule has 2 aliphatic rings. The average Bonchev–Trinajstić information content (AvgIpc) is 3.56. The molecule has 7 heteroatoms. The third-order valence-electron chi connectivity index (χ3n) is 5.83. The maximum absolute atomic E-state index is 12.4. The van der Waals surface area contributed by atoms with Crippen LogP contribution in [0.25, 0.3) is 0 Å². The van der Waals surface area contributed by atoms with Gasteiger partial charge in [-0.3, -0.25) is 10.1 Å². The van der Waals surface area contributed by atoms with Crippen molar-refractivity contribution in [3.63, 3.8) is 0 Å². The summed E-state index contributed by atoms with van der Waals surface area (Å²) in [5.41, 5.74) is 1.40. The maximum Gasteiger partial charge on any atom is 0.338 e. The Morgan fingerprint density at radius 1 is 1.12 bits per heavy atom. The fourth-order valence-electron chi connectivity index (χ4n) is 4.06. The summed E-state index contributed by atoms with van der Waals surface area (Å²) in [6, 6.07) is 8.20. The minimum Gasteiger partial charge on any atom is -0.493 e. The summed E-state index contributed by atoms with van der Waals surface area (Å²) in [7, 11) is 0. The van der Waals surface area contributed by atoms with Crippen LogP contribution in [0, 0.1) is 10.1 Å². The van der Waals surface area contributed by atoms with Crippen molar-refractivity contribution in [2.24, 2.45) is 0 Å². The van der Waals surface area contributed by atoms with Gasteiger partial charge in [0, 0.05) is 12.1 Å². The van der Waals surface area contributed by atoms with Crippen molar-refractivity contribution < 1.29 is 23.9 Å². The second-order valence-corrected chi connectivity index (χ2v) is 9.49. The molecule has 1 heterocycles. The van der Waals surface area contributed by atoms with E-state index in [0.29, 0.717) is 24.2 Å². The van der Waals surface area contributed by atoms with Crippen LogP contribution in [-0.2, 0) is 4.74 Å². The molecule has 1 saturated carbocycles. The number of carbonyl (C=O) groups excluding carboxylic acids is 1. The van der Waals surface area contributed by atoms with Gasteiger partial charge in [-0.25, -0.2) is 4.79 Å².